The van der Waals surface area contributed by atoms with Crippen LogP contribution < -0.4 is 10.5 Å². The highest BCUT2D eigenvalue weighted by molar-refractivity contribution is 7.89. The summed E-state index contributed by atoms with van der Waals surface area (Å²) in [5, 5.41) is 16.6. The van der Waals surface area contributed by atoms with Crippen LogP contribution in [0.3, 0.4) is 0 Å². The number of carbonyl (C=O) groups excluding carboxylic acids is 1. The second-order valence-corrected chi connectivity index (χ2v) is 9.25. The Morgan fingerprint density at radius 2 is 1.82 bits per heavy atom. The summed E-state index contributed by atoms with van der Waals surface area (Å²) in [6, 6.07) is 5.89. The van der Waals surface area contributed by atoms with Crippen molar-refractivity contribution in [3.63, 3.8) is 0 Å². The van der Waals surface area contributed by atoms with Crippen molar-refractivity contribution < 1.29 is 13.2 Å². The predicted molar refractivity (Wildman–Crippen MR) is 106 cm³/mol. The van der Waals surface area contributed by atoms with Crippen LogP contribution in [-0.4, -0.2) is 35.4 Å². The summed E-state index contributed by atoms with van der Waals surface area (Å²) < 4.78 is 24.4. The molecule has 1 aliphatic rings. The van der Waals surface area contributed by atoms with E-state index in [2.05, 4.69) is 15.6 Å². The van der Waals surface area contributed by atoms with Crippen molar-refractivity contribution in [1.82, 2.24) is 20.3 Å². The Labute approximate surface area is 165 Å². The molecule has 0 radical (unpaired) electrons. The molecule has 1 amide bonds. The smallest absolute Gasteiger partial charge is 0.245 e. The van der Waals surface area contributed by atoms with Gasteiger partial charge in [-0.25, -0.2) is 18.2 Å². The Morgan fingerprint density at radius 1 is 1.18 bits per heavy atom. The van der Waals surface area contributed by atoms with E-state index in [0.29, 0.717) is 11.3 Å². The highest BCUT2D eigenvalue weighted by atomic mass is 32.2. The highest BCUT2D eigenvalue weighted by Gasteiger charge is 2.28. The van der Waals surface area contributed by atoms with Gasteiger partial charge in [-0.3, -0.25) is 4.79 Å². The monoisotopic (exact) mass is 405 g/mol. The van der Waals surface area contributed by atoms with E-state index >= 15 is 0 Å². The Balaban J connectivity index is 1.78. The molecular formula is C19H27N5O3S. The topological polar surface area (TPSA) is 120 Å². The lowest BCUT2D eigenvalue weighted by Crippen LogP contribution is -2.42. The Morgan fingerprint density at radius 3 is 2.39 bits per heavy atom. The fraction of sp³-hybridized carbons (Fsp3) is 0.526. The molecule has 0 aliphatic heterocycles. The fourth-order valence-electron chi connectivity index (χ4n) is 3.62. The normalized spacial score (nSPS) is 16.9. The van der Waals surface area contributed by atoms with E-state index in [4.69, 9.17) is 5.14 Å². The molecule has 1 saturated carbocycles. The second-order valence-electron chi connectivity index (χ2n) is 7.69. The molecule has 152 valence electrons. The van der Waals surface area contributed by atoms with E-state index in [9.17, 15) is 13.2 Å². The van der Waals surface area contributed by atoms with Gasteiger partial charge in [0.15, 0.2) is 0 Å². The van der Waals surface area contributed by atoms with Crippen molar-refractivity contribution in [2.75, 3.05) is 0 Å². The van der Waals surface area contributed by atoms with Crippen LogP contribution in [0.2, 0.25) is 0 Å². The van der Waals surface area contributed by atoms with Gasteiger partial charge in [0.25, 0.3) is 0 Å². The number of benzene rings is 1. The number of nitrogens with two attached hydrogens (primary N) is 1. The molecule has 1 fully saturated rings. The minimum atomic E-state index is -3.74. The van der Waals surface area contributed by atoms with Crippen molar-refractivity contribution >= 4 is 15.9 Å². The van der Waals surface area contributed by atoms with Gasteiger partial charge in [-0.1, -0.05) is 50.5 Å². The number of amides is 1. The van der Waals surface area contributed by atoms with Gasteiger partial charge in [0, 0.05) is 11.6 Å². The molecule has 1 heterocycles. The zero-order valence-electron chi connectivity index (χ0n) is 16.2. The van der Waals surface area contributed by atoms with Crippen molar-refractivity contribution in [1.29, 1.82) is 0 Å². The first kappa shape index (κ1) is 20.5. The fourth-order valence-corrected chi connectivity index (χ4v) is 4.14. The molecule has 3 rings (SSSR count). The van der Waals surface area contributed by atoms with E-state index in [1.165, 1.54) is 18.6 Å². The molecular weight excluding hydrogens is 378 g/mol. The summed E-state index contributed by atoms with van der Waals surface area (Å²) in [7, 11) is -3.74. The maximum absolute atomic E-state index is 12.9. The van der Waals surface area contributed by atoms with Crippen LogP contribution in [0.4, 0.5) is 0 Å². The summed E-state index contributed by atoms with van der Waals surface area (Å²) in [5.41, 5.74) is 1.27. The largest absolute Gasteiger partial charge is 0.352 e. The van der Waals surface area contributed by atoms with Gasteiger partial charge in [0.1, 0.15) is 11.7 Å². The number of nitrogens with one attached hydrogen (secondary N) is 1. The van der Waals surface area contributed by atoms with Crippen LogP contribution in [-0.2, 0) is 14.8 Å². The average molecular weight is 406 g/mol. The summed E-state index contributed by atoms with van der Waals surface area (Å²) in [6.07, 6.45) is 7.30. The Hall–Kier alpha value is -2.26. The average Bonchev–Trinajstić information content (AvgIpc) is 3.11. The molecule has 0 bridgehead atoms. The number of rotatable bonds is 6. The lowest BCUT2D eigenvalue weighted by molar-refractivity contribution is -0.126. The summed E-state index contributed by atoms with van der Waals surface area (Å²) in [6.45, 7) is 3.96. The number of primary sulfonamides is 1. The molecule has 9 heteroatoms. The van der Waals surface area contributed by atoms with Gasteiger partial charge in [0.2, 0.25) is 15.9 Å². The number of sulfonamides is 1. The van der Waals surface area contributed by atoms with Crippen molar-refractivity contribution in [3.8, 4) is 11.3 Å². The highest BCUT2D eigenvalue weighted by Crippen LogP contribution is 2.24. The molecule has 0 unspecified atom stereocenters. The summed E-state index contributed by atoms with van der Waals surface area (Å²) in [4.78, 5) is 12.9. The number of hydrogen-bond acceptors (Lipinski definition) is 5. The van der Waals surface area contributed by atoms with Crippen LogP contribution in [0, 0.1) is 5.92 Å². The quantitative estimate of drug-likeness (QED) is 0.764. The molecule has 1 aromatic heterocycles. The zero-order valence-corrected chi connectivity index (χ0v) is 17.0. The third-order valence-corrected chi connectivity index (χ3v) is 6.05. The summed E-state index contributed by atoms with van der Waals surface area (Å²) >= 11 is 0. The number of nitrogens with zero attached hydrogens (tertiary/aromatic N) is 3. The first-order chi connectivity index (χ1) is 13.3. The van der Waals surface area contributed by atoms with Crippen LogP contribution in [0.25, 0.3) is 11.3 Å². The first-order valence-corrected chi connectivity index (χ1v) is 11.2. The van der Waals surface area contributed by atoms with Gasteiger partial charge in [-0.05, 0) is 30.9 Å². The molecule has 0 spiro atoms. The number of aromatic nitrogens is 3. The van der Waals surface area contributed by atoms with Crippen LogP contribution in [0.1, 0.15) is 52.0 Å². The molecule has 1 atom stereocenters. The number of hydrogen-bond donors (Lipinski definition) is 2. The van der Waals surface area contributed by atoms with E-state index in [1.54, 1.807) is 23.0 Å². The third kappa shape index (κ3) is 4.77. The van der Waals surface area contributed by atoms with E-state index < -0.39 is 16.1 Å². The van der Waals surface area contributed by atoms with Crippen LogP contribution >= 0.6 is 0 Å². The first-order valence-electron chi connectivity index (χ1n) is 9.61. The lowest BCUT2D eigenvalue weighted by atomic mass is 9.94. The number of carbonyl (C=O) groups is 1. The van der Waals surface area contributed by atoms with E-state index in [1.807, 2.05) is 13.8 Å². The molecule has 1 aromatic carbocycles. The summed E-state index contributed by atoms with van der Waals surface area (Å²) in [5.74, 6) is 0.00539. The van der Waals surface area contributed by atoms with Gasteiger partial charge in [-0.15, -0.1) is 5.10 Å². The van der Waals surface area contributed by atoms with Gasteiger partial charge >= 0.3 is 0 Å². The molecule has 1 aliphatic carbocycles. The van der Waals surface area contributed by atoms with Crippen molar-refractivity contribution in [2.24, 2.45) is 11.1 Å². The Kier molecular flexibility index (Phi) is 6.14. The second kappa shape index (κ2) is 8.40. The standard InChI is InChI=1S/C19H27N5O3S/c1-13(2)18(19(25)21-15-6-4-3-5-7-15)24-12-17(22-23-24)14-8-10-16(11-9-14)28(20,26)27/h8-13,15,18H,3-7H2,1-2H3,(H,21,25)(H2,20,26,27)/t18-/m0/s1. The minimum absolute atomic E-state index is 0.0376. The Bertz CT molecular complexity index is 915. The zero-order chi connectivity index (χ0) is 20.3. The van der Waals surface area contributed by atoms with Gasteiger partial charge in [-0.2, -0.15) is 0 Å². The maximum atomic E-state index is 12.9. The molecule has 0 saturated heterocycles. The van der Waals surface area contributed by atoms with E-state index in [-0.39, 0.29) is 22.8 Å². The maximum Gasteiger partial charge on any atom is 0.245 e. The molecule has 28 heavy (non-hydrogen) atoms. The third-order valence-electron chi connectivity index (χ3n) is 5.13. The molecule has 3 N–H and O–H groups in total. The van der Waals surface area contributed by atoms with Crippen molar-refractivity contribution in [3.05, 3.63) is 30.5 Å². The van der Waals surface area contributed by atoms with Gasteiger partial charge in [0.05, 0.1) is 11.1 Å². The van der Waals surface area contributed by atoms with Crippen LogP contribution in [0.5, 0.6) is 0 Å². The van der Waals surface area contributed by atoms with Crippen molar-refractivity contribution in [2.45, 2.75) is 62.9 Å². The van der Waals surface area contributed by atoms with Crippen LogP contribution in [0.15, 0.2) is 35.4 Å². The lowest BCUT2D eigenvalue weighted by Gasteiger charge is -2.27. The van der Waals surface area contributed by atoms with E-state index in [0.717, 1.165) is 25.7 Å². The molecule has 2 aromatic rings. The molecule has 8 nitrogen and oxygen atoms in total. The van der Waals surface area contributed by atoms with Gasteiger partial charge < -0.3 is 5.32 Å². The predicted octanol–water partition coefficient (Wildman–Crippen LogP) is 2.24. The SMILES string of the molecule is CC(C)[C@@H](C(=O)NC1CCCCC1)n1cc(-c2ccc(S(N)(=O)=O)cc2)nn1. The minimum Gasteiger partial charge on any atom is -0.352 e.